The summed E-state index contributed by atoms with van der Waals surface area (Å²) in [6, 6.07) is 0.668. The van der Waals surface area contributed by atoms with Gasteiger partial charge in [-0.25, -0.2) is 0 Å². The first-order chi connectivity index (χ1) is 8.79. The van der Waals surface area contributed by atoms with Crippen molar-refractivity contribution in [2.24, 2.45) is 5.92 Å². The Morgan fingerprint density at radius 3 is 2.94 bits per heavy atom. The molecule has 3 nitrogen and oxygen atoms in total. The molecule has 0 spiro atoms. The van der Waals surface area contributed by atoms with E-state index < -0.39 is 0 Å². The van der Waals surface area contributed by atoms with E-state index >= 15 is 0 Å². The van der Waals surface area contributed by atoms with Gasteiger partial charge in [0.2, 0.25) is 0 Å². The van der Waals surface area contributed by atoms with Gasteiger partial charge in [-0.05, 0) is 44.7 Å². The highest BCUT2D eigenvalue weighted by Crippen LogP contribution is 2.17. The Bertz CT molecular complexity index is 229. The monoisotopic (exact) mass is 254 g/mol. The summed E-state index contributed by atoms with van der Waals surface area (Å²) in [7, 11) is 0. The third-order valence-electron chi connectivity index (χ3n) is 4.58. The minimum absolute atomic E-state index is 0.495. The van der Waals surface area contributed by atoms with Gasteiger partial charge < -0.3 is 10.1 Å². The van der Waals surface area contributed by atoms with E-state index in [-0.39, 0.29) is 0 Å². The van der Waals surface area contributed by atoms with Crippen LogP contribution in [0.2, 0.25) is 0 Å². The lowest BCUT2D eigenvalue weighted by atomic mass is 9.98. The Morgan fingerprint density at radius 2 is 2.22 bits per heavy atom. The third-order valence-corrected chi connectivity index (χ3v) is 4.58. The van der Waals surface area contributed by atoms with E-state index in [1.807, 2.05) is 0 Å². The zero-order valence-electron chi connectivity index (χ0n) is 12.2. The minimum atomic E-state index is 0.495. The first-order valence-electron chi connectivity index (χ1n) is 7.87. The number of ether oxygens (including phenoxy) is 1. The van der Waals surface area contributed by atoms with Crippen LogP contribution in [-0.2, 0) is 4.74 Å². The molecule has 0 radical (unpaired) electrons. The van der Waals surface area contributed by atoms with Gasteiger partial charge in [-0.3, -0.25) is 4.90 Å². The number of nitrogens with zero attached hydrogens (tertiary/aromatic N) is 1. The zero-order chi connectivity index (χ0) is 12.8. The second-order valence-corrected chi connectivity index (χ2v) is 6.05. The molecule has 0 bridgehead atoms. The fourth-order valence-corrected chi connectivity index (χ4v) is 3.09. The molecule has 0 saturated carbocycles. The van der Waals surface area contributed by atoms with Crippen LogP contribution < -0.4 is 5.32 Å². The fourth-order valence-electron chi connectivity index (χ4n) is 3.09. The van der Waals surface area contributed by atoms with Crippen LogP contribution in [0.15, 0.2) is 0 Å². The molecule has 2 saturated heterocycles. The van der Waals surface area contributed by atoms with Gasteiger partial charge in [0.25, 0.3) is 0 Å². The fraction of sp³-hybridized carbons (Fsp3) is 1.00. The molecule has 0 amide bonds. The molecule has 2 aliphatic rings. The van der Waals surface area contributed by atoms with E-state index in [2.05, 4.69) is 24.1 Å². The molecular weight excluding hydrogens is 224 g/mol. The van der Waals surface area contributed by atoms with Gasteiger partial charge in [0, 0.05) is 25.7 Å². The van der Waals surface area contributed by atoms with Gasteiger partial charge in [-0.15, -0.1) is 0 Å². The molecule has 2 heterocycles. The molecule has 2 aliphatic heterocycles. The third kappa shape index (κ3) is 4.22. The molecule has 18 heavy (non-hydrogen) atoms. The number of rotatable bonds is 4. The van der Waals surface area contributed by atoms with Gasteiger partial charge in [0.1, 0.15) is 0 Å². The summed E-state index contributed by atoms with van der Waals surface area (Å²) in [6.45, 7) is 10.4. The Balaban J connectivity index is 1.82. The topological polar surface area (TPSA) is 24.5 Å². The average Bonchev–Trinajstić information content (AvgIpc) is 2.65. The largest absolute Gasteiger partial charge is 0.377 e. The van der Waals surface area contributed by atoms with Gasteiger partial charge in [-0.2, -0.15) is 0 Å². The zero-order valence-corrected chi connectivity index (χ0v) is 12.2. The molecule has 3 unspecified atom stereocenters. The summed E-state index contributed by atoms with van der Waals surface area (Å²) in [4.78, 5) is 2.63. The standard InChI is InChI=1S/C15H30N2O/c1-3-13(2)15-12-17(9-6-8-16-15)11-14-7-4-5-10-18-14/h13-16H,3-12H2,1-2H3. The lowest BCUT2D eigenvalue weighted by Gasteiger charge is -2.32. The first kappa shape index (κ1) is 14.3. The summed E-state index contributed by atoms with van der Waals surface area (Å²) in [6.07, 6.45) is 6.91. The predicted molar refractivity (Wildman–Crippen MR) is 75.9 cm³/mol. The molecule has 0 aromatic heterocycles. The van der Waals surface area contributed by atoms with Crippen molar-refractivity contribution in [3.05, 3.63) is 0 Å². The molecule has 0 aliphatic carbocycles. The van der Waals surface area contributed by atoms with Crippen molar-refractivity contribution in [3.8, 4) is 0 Å². The summed E-state index contributed by atoms with van der Waals surface area (Å²) in [5.41, 5.74) is 0. The molecule has 1 N–H and O–H groups in total. The van der Waals surface area contributed by atoms with Crippen LogP contribution in [0.5, 0.6) is 0 Å². The van der Waals surface area contributed by atoms with Crippen molar-refractivity contribution in [2.45, 2.75) is 58.1 Å². The highest BCUT2D eigenvalue weighted by atomic mass is 16.5. The molecule has 2 rings (SSSR count). The lowest BCUT2D eigenvalue weighted by Crippen LogP contribution is -2.44. The van der Waals surface area contributed by atoms with Crippen LogP contribution in [0.3, 0.4) is 0 Å². The maximum Gasteiger partial charge on any atom is 0.0702 e. The van der Waals surface area contributed by atoms with Crippen molar-refractivity contribution in [2.75, 3.05) is 32.8 Å². The van der Waals surface area contributed by atoms with Crippen LogP contribution in [0, 0.1) is 5.92 Å². The first-order valence-corrected chi connectivity index (χ1v) is 7.87. The number of nitrogens with one attached hydrogen (secondary N) is 1. The van der Waals surface area contributed by atoms with E-state index in [0.717, 1.165) is 19.1 Å². The molecule has 0 aromatic carbocycles. The molecule has 3 heteroatoms. The quantitative estimate of drug-likeness (QED) is 0.833. The van der Waals surface area contributed by atoms with E-state index in [0.29, 0.717) is 12.1 Å². The lowest BCUT2D eigenvalue weighted by molar-refractivity contribution is -0.00656. The van der Waals surface area contributed by atoms with Crippen LogP contribution in [0.4, 0.5) is 0 Å². The van der Waals surface area contributed by atoms with Crippen LogP contribution >= 0.6 is 0 Å². The van der Waals surface area contributed by atoms with Crippen LogP contribution in [-0.4, -0.2) is 49.8 Å². The van der Waals surface area contributed by atoms with Crippen LogP contribution in [0.1, 0.15) is 46.0 Å². The normalized spacial score (nSPS) is 33.0. The highest BCUT2D eigenvalue weighted by Gasteiger charge is 2.24. The van der Waals surface area contributed by atoms with Crippen molar-refractivity contribution >= 4 is 0 Å². The van der Waals surface area contributed by atoms with Gasteiger partial charge in [0.15, 0.2) is 0 Å². The van der Waals surface area contributed by atoms with Crippen molar-refractivity contribution in [3.63, 3.8) is 0 Å². The second-order valence-electron chi connectivity index (χ2n) is 6.05. The van der Waals surface area contributed by atoms with Crippen molar-refractivity contribution < 1.29 is 4.74 Å². The summed E-state index contributed by atoms with van der Waals surface area (Å²) in [5.74, 6) is 0.776. The van der Waals surface area contributed by atoms with Crippen LogP contribution in [0.25, 0.3) is 0 Å². The summed E-state index contributed by atoms with van der Waals surface area (Å²) >= 11 is 0. The smallest absolute Gasteiger partial charge is 0.0702 e. The highest BCUT2D eigenvalue weighted by molar-refractivity contribution is 4.82. The Kier molecular flexibility index (Phi) is 5.93. The maximum absolute atomic E-state index is 5.88. The number of hydrogen-bond donors (Lipinski definition) is 1. The minimum Gasteiger partial charge on any atom is -0.377 e. The van der Waals surface area contributed by atoms with Crippen molar-refractivity contribution in [1.29, 1.82) is 0 Å². The second kappa shape index (κ2) is 7.46. The Labute approximate surface area is 112 Å². The maximum atomic E-state index is 5.88. The summed E-state index contributed by atoms with van der Waals surface area (Å²) < 4.78 is 5.88. The van der Waals surface area contributed by atoms with E-state index in [1.165, 1.54) is 51.7 Å². The summed E-state index contributed by atoms with van der Waals surface area (Å²) in [5, 5.41) is 3.72. The molecule has 2 fully saturated rings. The SMILES string of the molecule is CCC(C)C1CN(CC2CCCCO2)CCCN1. The molecule has 106 valence electrons. The average molecular weight is 254 g/mol. The Hall–Kier alpha value is -0.120. The molecule has 0 aromatic rings. The van der Waals surface area contributed by atoms with Gasteiger partial charge >= 0.3 is 0 Å². The van der Waals surface area contributed by atoms with E-state index in [9.17, 15) is 0 Å². The van der Waals surface area contributed by atoms with Crippen molar-refractivity contribution in [1.82, 2.24) is 10.2 Å². The molecular formula is C15H30N2O. The number of hydrogen-bond acceptors (Lipinski definition) is 3. The van der Waals surface area contributed by atoms with Gasteiger partial charge in [-0.1, -0.05) is 20.3 Å². The molecule has 3 atom stereocenters. The Morgan fingerprint density at radius 1 is 1.33 bits per heavy atom. The predicted octanol–water partition coefficient (Wildman–Crippen LogP) is 2.27. The van der Waals surface area contributed by atoms with E-state index in [1.54, 1.807) is 0 Å². The van der Waals surface area contributed by atoms with Gasteiger partial charge in [0.05, 0.1) is 6.10 Å². The van der Waals surface area contributed by atoms with E-state index in [4.69, 9.17) is 4.74 Å².